The zero-order valence-electron chi connectivity index (χ0n) is 15.1. The minimum Gasteiger partial charge on any atom is -0.348 e. The molecule has 26 heavy (non-hydrogen) atoms. The summed E-state index contributed by atoms with van der Waals surface area (Å²) in [5.74, 6) is 0.460. The van der Waals surface area contributed by atoms with Crippen molar-refractivity contribution in [3.05, 3.63) is 58.5 Å². The molecule has 0 saturated heterocycles. The number of fused-ring (bicyclic) bond motifs is 1. The number of benzene rings is 1. The van der Waals surface area contributed by atoms with Gasteiger partial charge in [-0.3, -0.25) is 9.59 Å². The van der Waals surface area contributed by atoms with Crippen LogP contribution in [0.2, 0.25) is 0 Å². The number of para-hydroxylation sites is 1. The molecule has 1 atom stereocenters. The molecule has 0 aliphatic heterocycles. The first-order valence-electron chi connectivity index (χ1n) is 8.21. The van der Waals surface area contributed by atoms with Gasteiger partial charge in [-0.05, 0) is 43.7 Å². The average Bonchev–Trinajstić information content (AvgIpc) is 2.61. The van der Waals surface area contributed by atoms with Crippen molar-refractivity contribution in [2.45, 2.75) is 24.3 Å². The van der Waals surface area contributed by atoms with Gasteiger partial charge in [0.05, 0.1) is 16.2 Å². The Morgan fingerprint density at radius 1 is 1.23 bits per heavy atom. The summed E-state index contributed by atoms with van der Waals surface area (Å²) in [6, 6.07) is 10.9. The fourth-order valence-electron chi connectivity index (χ4n) is 2.61. The van der Waals surface area contributed by atoms with Crippen molar-refractivity contribution in [1.82, 2.24) is 19.4 Å². The summed E-state index contributed by atoms with van der Waals surface area (Å²) in [6.45, 7) is 3.75. The number of thioether (sulfide) groups is 1. The lowest BCUT2D eigenvalue weighted by molar-refractivity contribution is -0.127. The smallest absolute Gasteiger partial charge is 0.267 e. The molecule has 7 heteroatoms. The molecule has 0 aliphatic rings. The van der Waals surface area contributed by atoms with Crippen LogP contribution in [0.3, 0.4) is 0 Å². The maximum absolute atomic E-state index is 13.1. The first-order chi connectivity index (χ1) is 12.4. The second-order valence-corrected chi connectivity index (χ2v) is 7.54. The van der Waals surface area contributed by atoms with Crippen molar-refractivity contribution in [3.8, 4) is 5.82 Å². The topological polar surface area (TPSA) is 68.1 Å². The van der Waals surface area contributed by atoms with Gasteiger partial charge in [0.25, 0.3) is 5.56 Å². The van der Waals surface area contributed by atoms with Gasteiger partial charge in [0.1, 0.15) is 5.82 Å². The molecule has 0 bridgehead atoms. The van der Waals surface area contributed by atoms with Crippen molar-refractivity contribution in [2.24, 2.45) is 0 Å². The molecule has 2 aromatic heterocycles. The third-order valence-corrected chi connectivity index (χ3v) is 4.99. The Bertz CT molecular complexity index is 1030. The molecule has 0 N–H and O–H groups in total. The molecular formula is C19H20N4O2S. The first kappa shape index (κ1) is 18.1. The Labute approximate surface area is 155 Å². The van der Waals surface area contributed by atoms with E-state index in [9.17, 15) is 9.59 Å². The average molecular weight is 368 g/mol. The minimum absolute atomic E-state index is 0.0406. The molecule has 3 rings (SSSR count). The summed E-state index contributed by atoms with van der Waals surface area (Å²) in [5, 5.41) is 0.593. The fraction of sp³-hybridized carbons (Fsp3) is 0.263. The Balaban J connectivity index is 2.21. The van der Waals surface area contributed by atoms with Crippen LogP contribution in [0, 0.1) is 6.92 Å². The molecule has 6 nitrogen and oxygen atoms in total. The van der Waals surface area contributed by atoms with Crippen LogP contribution in [0.1, 0.15) is 12.5 Å². The highest BCUT2D eigenvalue weighted by molar-refractivity contribution is 8.00. The molecule has 0 radical (unpaired) electrons. The summed E-state index contributed by atoms with van der Waals surface area (Å²) in [5.41, 5.74) is 1.40. The normalized spacial score (nSPS) is 12.2. The van der Waals surface area contributed by atoms with E-state index >= 15 is 0 Å². The number of aromatic nitrogens is 3. The van der Waals surface area contributed by atoms with Gasteiger partial charge in [0.2, 0.25) is 5.91 Å². The van der Waals surface area contributed by atoms with Gasteiger partial charge in [-0.15, -0.1) is 0 Å². The number of hydrogen-bond acceptors (Lipinski definition) is 5. The number of rotatable bonds is 4. The Morgan fingerprint density at radius 3 is 2.65 bits per heavy atom. The summed E-state index contributed by atoms with van der Waals surface area (Å²) in [4.78, 5) is 35.9. The lowest BCUT2D eigenvalue weighted by atomic mass is 10.2. The second-order valence-electron chi connectivity index (χ2n) is 6.24. The van der Waals surface area contributed by atoms with Gasteiger partial charge < -0.3 is 4.90 Å². The highest BCUT2D eigenvalue weighted by atomic mass is 32.2. The lowest BCUT2D eigenvalue weighted by Gasteiger charge is -2.18. The van der Waals surface area contributed by atoms with Crippen LogP contribution in [0.5, 0.6) is 0 Å². The Morgan fingerprint density at radius 2 is 1.96 bits per heavy atom. The van der Waals surface area contributed by atoms with Gasteiger partial charge in [-0.2, -0.15) is 0 Å². The van der Waals surface area contributed by atoms with Crippen molar-refractivity contribution in [2.75, 3.05) is 14.1 Å². The SMILES string of the molecule is Cc1ccnc(-n2c(SC(C)C(=O)N(C)C)nc3ccccc3c2=O)c1. The van der Waals surface area contributed by atoms with Gasteiger partial charge in [-0.25, -0.2) is 14.5 Å². The van der Waals surface area contributed by atoms with E-state index in [0.717, 1.165) is 5.56 Å². The first-order valence-corrected chi connectivity index (χ1v) is 9.09. The Kier molecular flexibility index (Phi) is 5.08. The molecule has 3 aromatic rings. The van der Waals surface area contributed by atoms with E-state index < -0.39 is 0 Å². The predicted octanol–water partition coefficient (Wildman–Crippen LogP) is 2.66. The van der Waals surface area contributed by atoms with Crippen LogP contribution in [-0.2, 0) is 4.79 Å². The number of nitrogens with zero attached hydrogens (tertiary/aromatic N) is 4. The molecule has 0 saturated carbocycles. The zero-order valence-corrected chi connectivity index (χ0v) is 15.9. The molecule has 1 aromatic carbocycles. The third kappa shape index (κ3) is 3.48. The van der Waals surface area contributed by atoms with Gasteiger partial charge in [0.15, 0.2) is 5.16 Å². The maximum Gasteiger partial charge on any atom is 0.267 e. The minimum atomic E-state index is -0.380. The number of pyridine rings is 1. The van der Waals surface area contributed by atoms with Crippen molar-refractivity contribution in [3.63, 3.8) is 0 Å². The number of aryl methyl sites for hydroxylation is 1. The van der Waals surface area contributed by atoms with E-state index in [2.05, 4.69) is 9.97 Å². The third-order valence-electron chi connectivity index (χ3n) is 3.95. The zero-order chi connectivity index (χ0) is 18.8. The van der Waals surface area contributed by atoms with Crippen molar-refractivity contribution >= 4 is 28.6 Å². The van der Waals surface area contributed by atoms with Crippen LogP contribution in [-0.4, -0.2) is 44.7 Å². The lowest BCUT2D eigenvalue weighted by Crippen LogP contribution is -2.31. The highest BCUT2D eigenvalue weighted by Crippen LogP contribution is 2.25. The molecule has 0 aliphatic carbocycles. The predicted molar refractivity (Wildman–Crippen MR) is 104 cm³/mol. The van der Waals surface area contributed by atoms with Gasteiger partial charge in [0, 0.05) is 20.3 Å². The quantitative estimate of drug-likeness (QED) is 0.523. The van der Waals surface area contributed by atoms with E-state index in [1.807, 2.05) is 38.1 Å². The van der Waals surface area contributed by atoms with E-state index in [1.54, 1.807) is 32.4 Å². The van der Waals surface area contributed by atoms with E-state index in [4.69, 9.17) is 0 Å². The summed E-state index contributed by atoms with van der Waals surface area (Å²) in [7, 11) is 3.42. The number of amides is 1. The van der Waals surface area contributed by atoms with Crippen LogP contribution in [0.25, 0.3) is 16.7 Å². The Hall–Kier alpha value is -2.67. The van der Waals surface area contributed by atoms with E-state index in [0.29, 0.717) is 21.9 Å². The molecular weight excluding hydrogens is 348 g/mol. The van der Waals surface area contributed by atoms with Gasteiger partial charge in [-0.1, -0.05) is 23.9 Å². The van der Waals surface area contributed by atoms with Crippen molar-refractivity contribution in [1.29, 1.82) is 0 Å². The highest BCUT2D eigenvalue weighted by Gasteiger charge is 2.21. The second kappa shape index (κ2) is 7.29. The molecule has 1 amide bonds. The standard InChI is InChI=1S/C19H20N4O2S/c1-12-9-10-20-16(11-12)23-18(25)14-7-5-6-8-15(14)21-19(23)26-13(2)17(24)22(3)4/h5-11,13H,1-4H3. The summed E-state index contributed by atoms with van der Waals surface area (Å²) in [6.07, 6.45) is 1.66. The van der Waals surface area contributed by atoms with Crippen LogP contribution < -0.4 is 5.56 Å². The molecule has 134 valence electrons. The molecule has 1 unspecified atom stereocenters. The van der Waals surface area contributed by atoms with Crippen LogP contribution in [0.4, 0.5) is 0 Å². The maximum atomic E-state index is 13.1. The molecule has 0 spiro atoms. The van der Waals surface area contributed by atoms with E-state index in [-0.39, 0.29) is 16.7 Å². The van der Waals surface area contributed by atoms with Crippen LogP contribution in [0.15, 0.2) is 52.5 Å². The van der Waals surface area contributed by atoms with Crippen LogP contribution >= 0.6 is 11.8 Å². The molecule has 2 heterocycles. The van der Waals surface area contributed by atoms with Gasteiger partial charge >= 0.3 is 0 Å². The number of carbonyl (C=O) groups excluding carboxylic acids is 1. The van der Waals surface area contributed by atoms with Crippen molar-refractivity contribution < 1.29 is 4.79 Å². The molecule has 0 fully saturated rings. The number of hydrogen-bond donors (Lipinski definition) is 0. The summed E-state index contributed by atoms with van der Waals surface area (Å²) >= 11 is 1.26. The summed E-state index contributed by atoms with van der Waals surface area (Å²) < 4.78 is 1.49. The number of carbonyl (C=O) groups is 1. The largest absolute Gasteiger partial charge is 0.348 e. The monoisotopic (exact) mass is 368 g/mol. The van der Waals surface area contributed by atoms with E-state index in [1.165, 1.54) is 21.2 Å². The fourth-order valence-corrected chi connectivity index (χ4v) is 3.67.